The van der Waals surface area contributed by atoms with Gasteiger partial charge in [0.2, 0.25) is 5.91 Å². The van der Waals surface area contributed by atoms with Gasteiger partial charge in [0, 0.05) is 44.1 Å². The van der Waals surface area contributed by atoms with E-state index in [0.717, 1.165) is 24.5 Å². The van der Waals surface area contributed by atoms with E-state index in [4.69, 9.17) is 4.74 Å². The summed E-state index contributed by atoms with van der Waals surface area (Å²) in [6.45, 7) is 5.78. The molecule has 9 heteroatoms. The topological polar surface area (TPSA) is 80.2 Å². The molecule has 25 heavy (non-hydrogen) atoms. The molecular formula is C16H20FN5O2S. The predicted octanol–water partition coefficient (Wildman–Crippen LogP) is 1.86. The van der Waals surface area contributed by atoms with E-state index in [2.05, 4.69) is 25.2 Å². The molecule has 0 saturated carbocycles. The minimum atomic E-state index is -0.441. The molecule has 7 nitrogen and oxygen atoms in total. The summed E-state index contributed by atoms with van der Waals surface area (Å²) < 4.78 is 18.9. The molecule has 2 atom stereocenters. The summed E-state index contributed by atoms with van der Waals surface area (Å²) in [6.07, 6.45) is 4.72. The van der Waals surface area contributed by atoms with Crippen molar-refractivity contribution in [3.05, 3.63) is 35.1 Å². The average molecular weight is 365 g/mol. The number of hydrogen-bond donors (Lipinski definition) is 1. The zero-order valence-electron chi connectivity index (χ0n) is 14.1. The van der Waals surface area contributed by atoms with Crippen molar-refractivity contribution in [2.24, 2.45) is 0 Å². The van der Waals surface area contributed by atoms with Gasteiger partial charge in [0.25, 0.3) is 0 Å². The number of carbonyl (C=O) groups is 1. The molecule has 1 fully saturated rings. The summed E-state index contributed by atoms with van der Waals surface area (Å²) in [4.78, 5) is 26.7. The molecule has 2 aromatic rings. The van der Waals surface area contributed by atoms with Crippen LogP contribution in [0.3, 0.4) is 0 Å². The van der Waals surface area contributed by atoms with Gasteiger partial charge in [-0.05, 0) is 6.92 Å². The first kappa shape index (κ1) is 17.8. The fraction of sp³-hybridized carbons (Fsp3) is 0.500. The van der Waals surface area contributed by atoms with Crippen molar-refractivity contribution < 1.29 is 13.9 Å². The maximum atomic E-state index is 12.9. The summed E-state index contributed by atoms with van der Waals surface area (Å²) in [5, 5.41) is 3.31. The van der Waals surface area contributed by atoms with Gasteiger partial charge in [0.05, 0.1) is 24.6 Å². The molecule has 3 rings (SSSR count). The van der Waals surface area contributed by atoms with Gasteiger partial charge in [0.15, 0.2) is 10.9 Å². The fourth-order valence-electron chi connectivity index (χ4n) is 2.84. The van der Waals surface area contributed by atoms with E-state index < -0.39 is 5.82 Å². The summed E-state index contributed by atoms with van der Waals surface area (Å²) >= 11 is 1.47. The lowest BCUT2D eigenvalue weighted by molar-refractivity contribution is -0.114. The predicted molar refractivity (Wildman–Crippen MR) is 91.7 cm³/mol. The molecule has 1 N–H and O–H groups in total. The van der Waals surface area contributed by atoms with Crippen molar-refractivity contribution in [2.75, 3.05) is 18.4 Å². The van der Waals surface area contributed by atoms with E-state index in [9.17, 15) is 9.18 Å². The zero-order valence-corrected chi connectivity index (χ0v) is 14.9. The number of amides is 1. The average Bonchev–Trinajstić information content (AvgIpc) is 2.95. The van der Waals surface area contributed by atoms with Gasteiger partial charge in [-0.2, -0.15) is 0 Å². The van der Waals surface area contributed by atoms with Crippen LogP contribution in [0.4, 0.5) is 9.52 Å². The van der Waals surface area contributed by atoms with Crippen molar-refractivity contribution in [2.45, 2.75) is 39.0 Å². The van der Waals surface area contributed by atoms with Crippen LogP contribution in [-0.4, -0.2) is 51.1 Å². The van der Waals surface area contributed by atoms with Crippen LogP contribution in [0.15, 0.2) is 18.6 Å². The molecule has 0 bridgehead atoms. The van der Waals surface area contributed by atoms with Gasteiger partial charge >= 0.3 is 0 Å². The Hall–Kier alpha value is -1.97. The largest absolute Gasteiger partial charge is 0.372 e. The highest BCUT2D eigenvalue weighted by Gasteiger charge is 2.26. The summed E-state index contributed by atoms with van der Waals surface area (Å²) in [5.41, 5.74) is 0. The first-order chi connectivity index (χ1) is 12.0. The van der Waals surface area contributed by atoms with Gasteiger partial charge in [-0.3, -0.25) is 9.69 Å². The quantitative estimate of drug-likeness (QED) is 0.871. The van der Waals surface area contributed by atoms with E-state index in [1.807, 2.05) is 6.92 Å². The number of anilines is 1. The Morgan fingerprint density at radius 2 is 2.12 bits per heavy atom. The molecule has 0 aromatic carbocycles. The third kappa shape index (κ3) is 5.25. The van der Waals surface area contributed by atoms with Crippen molar-refractivity contribution in [1.29, 1.82) is 0 Å². The third-order valence-corrected chi connectivity index (χ3v) is 4.60. The van der Waals surface area contributed by atoms with Crippen LogP contribution < -0.4 is 5.32 Å². The smallest absolute Gasteiger partial charge is 0.223 e. The Kier molecular flexibility index (Phi) is 5.67. The number of halogens is 1. The Labute approximate surface area is 149 Å². The van der Waals surface area contributed by atoms with Gasteiger partial charge in [0.1, 0.15) is 5.82 Å². The molecule has 0 spiro atoms. The number of morpholine rings is 1. The number of rotatable bonds is 5. The summed E-state index contributed by atoms with van der Waals surface area (Å²) in [6, 6.07) is 0. The van der Waals surface area contributed by atoms with Crippen LogP contribution in [0.1, 0.15) is 24.5 Å². The number of nitrogens with one attached hydrogen (secondary N) is 1. The minimum absolute atomic E-state index is 0.0445. The Morgan fingerprint density at radius 3 is 2.84 bits per heavy atom. The molecule has 1 saturated heterocycles. The Morgan fingerprint density at radius 1 is 1.36 bits per heavy atom. The Bertz CT molecular complexity index is 724. The second-order valence-electron chi connectivity index (χ2n) is 6.10. The number of carbonyl (C=O) groups excluding carboxylic acids is 1. The number of hydrogen-bond acceptors (Lipinski definition) is 7. The molecule has 134 valence electrons. The molecule has 3 heterocycles. The summed E-state index contributed by atoms with van der Waals surface area (Å²) in [5.74, 6) is 0.00918. The second-order valence-corrected chi connectivity index (χ2v) is 7.21. The van der Waals surface area contributed by atoms with Crippen molar-refractivity contribution in [3.63, 3.8) is 0 Å². The van der Waals surface area contributed by atoms with Gasteiger partial charge in [-0.25, -0.2) is 19.3 Å². The SMILES string of the molecule is CC(=O)Nc1ncc(CN2CC(Cc3ncc(F)cn3)O[C@@H](C)C2)s1. The molecule has 1 amide bonds. The zero-order chi connectivity index (χ0) is 17.8. The van der Waals surface area contributed by atoms with Gasteiger partial charge in [-0.15, -0.1) is 11.3 Å². The van der Waals surface area contributed by atoms with Crippen LogP contribution in [0.5, 0.6) is 0 Å². The monoisotopic (exact) mass is 365 g/mol. The van der Waals surface area contributed by atoms with Crippen LogP contribution in [0.25, 0.3) is 0 Å². The lowest BCUT2D eigenvalue weighted by atomic mass is 10.1. The number of ether oxygens (including phenoxy) is 1. The highest BCUT2D eigenvalue weighted by atomic mass is 32.1. The van der Waals surface area contributed by atoms with Gasteiger partial charge < -0.3 is 10.1 Å². The van der Waals surface area contributed by atoms with Crippen LogP contribution in [-0.2, 0) is 22.5 Å². The Balaban J connectivity index is 1.59. The maximum absolute atomic E-state index is 12.9. The van der Waals surface area contributed by atoms with E-state index in [-0.39, 0.29) is 18.1 Å². The number of nitrogens with zero attached hydrogens (tertiary/aromatic N) is 4. The molecule has 1 aliphatic heterocycles. The number of aromatic nitrogens is 3. The van der Waals surface area contributed by atoms with Crippen LogP contribution in [0.2, 0.25) is 0 Å². The molecule has 1 unspecified atom stereocenters. The standard InChI is InChI=1S/C16H20FN5O2S/c1-10-7-22(9-14-6-20-16(25-14)21-11(2)23)8-13(24-10)3-15-18-4-12(17)5-19-15/h4-6,10,13H,3,7-9H2,1-2H3,(H,20,21,23)/t10-,13?/m0/s1. The maximum Gasteiger partial charge on any atom is 0.223 e. The van der Waals surface area contributed by atoms with Gasteiger partial charge in [-0.1, -0.05) is 0 Å². The minimum Gasteiger partial charge on any atom is -0.372 e. The molecule has 0 aliphatic carbocycles. The molecular weight excluding hydrogens is 345 g/mol. The van der Waals surface area contributed by atoms with E-state index in [1.54, 1.807) is 6.20 Å². The normalized spacial score (nSPS) is 21.2. The van der Waals surface area contributed by atoms with E-state index >= 15 is 0 Å². The third-order valence-electron chi connectivity index (χ3n) is 3.70. The van der Waals surface area contributed by atoms with Crippen molar-refractivity contribution in [3.8, 4) is 0 Å². The van der Waals surface area contributed by atoms with Crippen molar-refractivity contribution in [1.82, 2.24) is 19.9 Å². The lowest BCUT2D eigenvalue weighted by Crippen LogP contribution is -2.46. The van der Waals surface area contributed by atoms with E-state index in [0.29, 0.717) is 17.4 Å². The highest BCUT2D eigenvalue weighted by Crippen LogP contribution is 2.22. The number of thiazole rings is 1. The fourth-order valence-corrected chi connectivity index (χ4v) is 3.74. The van der Waals surface area contributed by atoms with Crippen molar-refractivity contribution >= 4 is 22.4 Å². The van der Waals surface area contributed by atoms with Crippen LogP contribution in [0, 0.1) is 5.82 Å². The molecule has 0 radical (unpaired) electrons. The summed E-state index contributed by atoms with van der Waals surface area (Å²) in [7, 11) is 0. The first-order valence-corrected chi connectivity index (χ1v) is 8.86. The second kappa shape index (κ2) is 7.94. The highest BCUT2D eigenvalue weighted by molar-refractivity contribution is 7.15. The van der Waals surface area contributed by atoms with E-state index in [1.165, 1.54) is 30.7 Å². The molecule has 1 aliphatic rings. The lowest BCUT2D eigenvalue weighted by Gasteiger charge is -2.36. The first-order valence-electron chi connectivity index (χ1n) is 8.04. The van der Waals surface area contributed by atoms with Crippen LogP contribution >= 0.6 is 11.3 Å². The molecule has 2 aromatic heterocycles.